The molecule has 120 valence electrons. The smallest absolute Gasteiger partial charge is 0.244 e. The Kier molecular flexibility index (Phi) is 6.08. The van der Waals surface area contributed by atoms with Gasteiger partial charge in [-0.1, -0.05) is 0 Å². The van der Waals surface area contributed by atoms with E-state index in [0.29, 0.717) is 12.0 Å². The number of carbonyl (C=O) groups is 1. The summed E-state index contributed by atoms with van der Waals surface area (Å²) in [6.45, 7) is 8.32. The van der Waals surface area contributed by atoms with Gasteiger partial charge in [0.05, 0.1) is 5.69 Å². The summed E-state index contributed by atoms with van der Waals surface area (Å²) in [5.41, 5.74) is 2.38. The van der Waals surface area contributed by atoms with Gasteiger partial charge < -0.3 is 10.2 Å². The molecule has 1 amide bonds. The van der Waals surface area contributed by atoms with Crippen LogP contribution in [0.25, 0.3) is 0 Å². The number of aryl methyl sites for hydroxylation is 2. The molecular formula is C14H24Cl2N4O. The van der Waals surface area contributed by atoms with Gasteiger partial charge in [-0.2, -0.15) is 5.10 Å². The van der Waals surface area contributed by atoms with Gasteiger partial charge in [0, 0.05) is 30.7 Å². The summed E-state index contributed by atoms with van der Waals surface area (Å²) in [5.74, 6) is 0.204. The van der Waals surface area contributed by atoms with Crippen molar-refractivity contribution < 1.29 is 4.79 Å². The van der Waals surface area contributed by atoms with Crippen molar-refractivity contribution in [2.75, 3.05) is 26.2 Å². The Hall–Kier alpha value is -0.780. The molecule has 1 N–H and O–H groups in total. The number of amides is 1. The Labute approximate surface area is 138 Å². The highest BCUT2D eigenvalue weighted by atomic mass is 35.5. The maximum atomic E-state index is 12.4. The van der Waals surface area contributed by atoms with Crippen LogP contribution in [0.2, 0.25) is 0 Å². The number of nitrogens with zero attached hydrogens (tertiary/aromatic N) is 3. The van der Waals surface area contributed by atoms with Crippen LogP contribution in [0.15, 0.2) is 6.07 Å². The van der Waals surface area contributed by atoms with E-state index in [9.17, 15) is 4.79 Å². The Morgan fingerprint density at radius 2 is 2.14 bits per heavy atom. The molecule has 0 aliphatic carbocycles. The van der Waals surface area contributed by atoms with Gasteiger partial charge in [0.15, 0.2) is 0 Å². The molecule has 5 nitrogen and oxygen atoms in total. The SMILES string of the molecule is Cc1cc(C)n(CC(=O)N2CCC3(CCNC3)C2)n1.Cl.Cl. The van der Waals surface area contributed by atoms with E-state index in [1.807, 2.05) is 29.5 Å². The van der Waals surface area contributed by atoms with Crippen LogP contribution in [0.1, 0.15) is 24.2 Å². The highest BCUT2D eigenvalue weighted by Gasteiger charge is 2.41. The van der Waals surface area contributed by atoms with Crippen LogP contribution in [-0.2, 0) is 11.3 Å². The lowest BCUT2D eigenvalue weighted by molar-refractivity contribution is -0.131. The average molecular weight is 335 g/mol. The number of likely N-dealkylation sites (tertiary alicyclic amines) is 1. The Bertz CT molecular complexity index is 497. The van der Waals surface area contributed by atoms with Gasteiger partial charge >= 0.3 is 0 Å². The number of carbonyl (C=O) groups excluding carboxylic acids is 1. The molecule has 1 aromatic rings. The minimum absolute atomic E-state index is 0. The maximum Gasteiger partial charge on any atom is 0.244 e. The molecule has 0 bridgehead atoms. The van der Waals surface area contributed by atoms with Crippen LogP contribution >= 0.6 is 24.8 Å². The predicted octanol–water partition coefficient (Wildman–Crippen LogP) is 1.56. The van der Waals surface area contributed by atoms with Crippen LogP contribution in [0.5, 0.6) is 0 Å². The van der Waals surface area contributed by atoms with Crippen molar-refractivity contribution >= 4 is 30.7 Å². The van der Waals surface area contributed by atoms with E-state index in [2.05, 4.69) is 10.4 Å². The number of rotatable bonds is 2. The van der Waals surface area contributed by atoms with Crippen LogP contribution < -0.4 is 5.32 Å². The lowest BCUT2D eigenvalue weighted by Gasteiger charge is -2.22. The molecule has 2 saturated heterocycles. The van der Waals surface area contributed by atoms with E-state index < -0.39 is 0 Å². The zero-order valence-electron chi connectivity index (χ0n) is 12.6. The molecule has 3 heterocycles. The second-order valence-electron chi connectivity index (χ2n) is 6.08. The number of aromatic nitrogens is 2. The molecule has 3 rings (SSSR count). The third kappa shape index (κ3) is 3.71. The normalized spacial score (nSPS) is 24.0. The van der Waals surface area contributed by atoms with E-state index in [1.54, 1.807) is 0 Å². The highest BCUT2D eigenvalue weighted by Crippen LogP contribution is 2.36. The zero-order chi connectivity index (χ0) is 13.5. The molecular weight excluding hydrogens is 311 g/mol. The van der Waals surface area contributed by atoms with E-state index >= 15 is 0 Å². The summed E-state index contributed by atoms with van der Waals surface area (Å²) in [6, 6.07) is 2.01. The fourth-order valence-electron chi connectivity index (χ4n) is 3.35. The average Bonchev–Trinajstić information content (AvgIpc) is 3.05. The Morgan fingerprint density at radius 3 is 2.71 bits per heavy atom. The van der Waals surface area contributed by atoms with Gasteiger partial charge in [0.25, 0.3) is 0 Å². The van der Waals surface area contributed by atoms with Crippen LogP contribution in [0, 0.1) is 19.3 Å². The molecule has 2 aliphatic heterocycles. The van der Waals surface area contributed by atoms with Crippen molar-refractivity contribution in [2.24, 2.45) is 5.41 Å². The number of hydrogen-bond donors (Lipinski definition) is 1. The van der Waals surface area contributed by atoms with Crippen LogP contribution in [0.3, 0.4) is 0 Å². The molecule has 1 aromatic heterocycles. The number of halogens is 2. The molecule has 2 aliphatic rings. The molecule has 21 heavy (non-hydrogen) atoms. The summed E-state index contributed by atoms with van der Waals surface area (Å²) in [5, 5.41) is 7.79. The number of nitrogens with one attached hydrogen (secondary N) is 1. The van der Waals surface area contributed by atoms with Crippen molar-refractivity contribution in [3.63, 3.8) is 0 Å². The van der Waals surface area contributed by atoms with E-state index in [1.165, 1.54) is 6.42 Å². The first-order valence-electron chi connectivity index (χ1n) is 7.08. The van der Waals surface area contributed by atoms with Gasteiger partial charge in [-0.15, -0.1) is 24.8 Å². The molecule has 0 radical (unpaired) electrons. The summed E-state index contributed by atoms with van der Waals surface area (Å²) in [4.78, 5) is 14.4. The first kappa shape index (κ1) is 18.3. The lowest BCUT2D eigenvalue weighted by Crippen LogP contribution is -2.35. The van der Waals surface area contributed by atoms with Crippen molar-refractivity contribution in [1.29, 1.82) is 0 Å². The summed E-state index contributed by atoms with van der Waals surface area (Å²) in [6.07, 6.45) is 2.35. The van der Waals surface area contributed by atoms with E-state index in [0.717, 1.165) is 44.0 Å². The van der Waals surface area contributed by atoms with Gasteiger partial charge in [0.2, 0.25) is 5.91 Å². The highest BCUT2D eigenvalue weighted by molar-refractivity contribution is 5.85. The van der Waals surface area contributed by atoms with Gasteiger partial charge in [-0.25, -0.2) is 0 Å². The van der Waals surface area contributed by atoms with Crippen molar-refractivity contribution in [2.45, 2.75) is 33.2 Å². The van der Waals surface area contributed by atoms with Crippen molar-refractivity contribution in [3.05, 3.63) is 17.5 Å². The monoisotopic (exact) mass is 334 g/mol. The fourth-order valence-corrected chi connectivity index (χ4v) is 3.35. The van der Waals surface area contributed by atoms with E-state index in [4.69, 9.17) is 0 Å². The van der Waals surface area contributed by atoms with Gasteiger partial charge in [0.1, 0.15) is 6.54 Å². The first-order chi connectivity index (χ1) is 9.08. The first-order valence-corrected chi connectivity index (χ1v) is 7.08. The molecule has 2 fully saturated rings. The molecule has 1 spiro atoms. The molecule has 1 unspecified atom stereocenters. The Balaban J connectivity index is 0.00000110. The van der Waals surface area contributed by atoms with Crippen molar-refractivity contribution in [1.82, 2.24) is 20.0 Å². The van der Waals surface area contributed by atoms with Gasteiger partial charge in [-0.3, -0.25) is 9.48 Å². The second-order valence-corrected chi connectivity index (χ2v) is 6.08. The molecule has 0 aromatic carbocycles. The fraction of sp³-hybridized carbons (Fsp3) is 0.714. The van der Waals surface area contributed by atoms with Crippen LogP contribution in [0.4, 0.5) is 0 Å². The lowest BCUT2D eigenvalue weighted by atomic mass is 9.87. The summed E-state index contributed by atoms with van der Waals surface area (Å²) >= 11 is 0. The molecule has 7 heteroatoms. The molecule has 1 atom stereocenters. The zero-order valence-corrected chi connectivity index (χ0v) is 14.2. The maximum absolute atomic E-state index is 12.4. The van der Waals surface area contributed by atoms with Crippen molar-refractivity contribution in [3.8, 4) is 0 Å². The van der Waals surface area contributed by atoms with Crippen LogP contribution in [-0.4, -0.2) is 46.8 Å². The minimum Gasteiger partial charge on any atom is -0.340 e. The molecule has 0 saturated carbocycles. The van der Waals surface area contributed by atoms with E-state index in [-0.39, 0.29) is 30.7 Å². The quantitative estimate of drug-likeness (QED) is 0.892. The summed E-state index contributed by atoms with van der Waals surface area (Å²) in [7, 11) is 0. The van der Waals surface area contributed by atoms with Gasteiger partial charge in [-0.05, 0) is 39.3 Å². The standard InChI is InChI=1S/C14H22N4O.2ClH/c1-11-7-12(2)18(16-11)8-13(19)17-6-4-14(10-17)3-5-15-9-14;;/h7,15H,3-6,8-10H2,1-2H3;2*1H. The Morgan fingerprint density at radius 1 is 1.38 bits per heavy atom. The predicted molar refractivity (Wildman–Crippen MR) is 87.3 cm³/mol. The number of hydrogen-bond acceptors (Lipinski definition) is 3. The minimum atomic E-state index is 0. The summed E-state index contributed by atoms with van der Waals surface area (Å²) < 4.78 is 1.82. The third-order valence-corrected chi connectivity index (χ3v) is 4.51. The largest absolute Gasteiger partial charge is 0.340 e. The topological polar surface area (TPSA) is 50.2 Å². The third-order valence-electron chi connectivity index (χ3n) is 4.51. The second kappa shape index (κ2) is 6.99.